The van der Waals surface area contributed by atoms with E-state index in [0.717, 1.165) is 42.8 Å². The number of aromatic nitrogens is 5. The molecule has 1 saturated carbocycles. The first-order valence-electron chi connectivity index (χ1n) is 11.9. The van der Waals surface area contributed by atoms with Crippen LogP contribution in [0.25, 0.3) is 5.69 Å². The Morgan fingerprint density at radius 1 is 1.06 bits per heavy atom. The van der Waals surface area contributed by atoms with E-state index in [4.69, 9.17) is 21.1 Å². The molecule has 1 fully saturated rings. The normalized spacial score (nSPS) is 19.9. The molecule has 3 heterocycles. The minimum atomic E-state index is -0.592. The van der Waals surface area contributed by atoms with Crippen LogP contribution >= 0.6 is 11.6 Å². The highest BCUT2D eigenvalue weighted by Gasteiger charge is 2.33. The number of halogens is 1. The van der Waals surface area contributed by atoms with Gasteiger partial charge in [-0.1, -0.05) is 11.6 Å². The number of hydrogen-bond donors (Lipinski definition) is 0. The number of amides is 1. The second-order valence-corrected chi connectivity index (χ2v) is 10.5. The Kier molecular flexibility index (Phi) is 6.35. The van der Waals surface area contributed by atoms with Crippen molar-refractivity contribution in [1.29, 1.82) is 0 Å². The largest absolute Gasteiger partial charge is 0.473 e. The second-order valence-electron chi connectivity index (χ2n) is 10.1. The Morgan fingerprint density at radius 2 is 1.86 bits per heavy atom. The Hall–Kier alpha value is -3.20. The van der Waals surface area contributed by atoms with E-state index in [1.54, 1.807) is 11.1 Å². The van der Waals surface area contributed by atoms with E-state index in [1.165, 1.54) is 0 Å². The molecule has 0 atom stereocenters. The predicted molar refractivity (Wildman–Crippen MR) is 130 cm³/mol. The first-order valence-corrected chi connectivity index (χ1v) is 12.3. The van der Waals surface area contributed by atoms with E-state index in [9.17, 15) is 4.79 Å². The van der Waals surface area contributed by atoms with Gasteiger partial charge in [0.2, 0.25) is 5.88 Å². The van der Waals surface area contributed by atoms with Crippen molar-refractivity contribution in [3.63, 3.8) is 0 Å². The van der Waals surface area contributed by atoms with Crippen LogP contribution in [0.15, 0.2) is 36.5 Å². The van der Waals surface area contributed by atoms with Crippen LogP contribution in [0, 0.1) is 0 Å². The van der Waals surface area contributed by atoms with Gasteiger partial charge in [0.15, 0.2) is 5.82 Å². The molecule has 1 aliphatic heterocycles. The van der Waals surface area contributed by atoms with Crippen LogP contribution in [0.5, 0.6) is 5.88 Å². The summed E-state index contributed by atoms with van der Waals surface area (Å²) in [5.74, 6) is 2.41. The van der Waals surface area contributed by atoms with Crippen LogP contribution in [0.1, 0.15) is 69.6 Å². The van der Waals surface area contributed by atoms with Gasteiger partial charge in [0.1, 0.15) is 17.5 Å². The number of fused-ring (bicyclic) bond motifs is 3. The molecule has 0 radical (unpaired) electrons. The van der Waals surface area contributed by atoms with Gasteiger partial charge in [0.05, 0.1) is 18.8 Å². The average Bonchev–Trinajstić information content (AvgIpc) is 3.15. The van der Waals surface area contributed by atoms with Gasteiger partial charge in [0.25, 0.3) is 0 Å². The summed E-state index contributed by atoms with van der Waals surface area (Å²) in [6, 6.07) is 9.40. The van der Waals surface area contributed by atoms with Crippen LogP contribution in [0.2, 0.25) is 5.02 Å². The highest BCUT2D eigenvalue weighted by Crippen LogP contribution is 2.37. The lowest BCUT2D eigenvalue weighted by atomic mass is 9.86. The van der Waals surface area contributed by atoms with Gasteiger partial charge in [-0.25, -0.2) is 4.79 Å². The molecule has 5 rings (SSSR count). The van der Waals surface area contributed by atoms with Crippen LogP contribution in [0.3, 0.4) is 0 Å². The molecule has 0 N–H and O–H groups in total. The topological polar surface area (TPSA) is 95.3 Å². The first kappa shape index (κ1) is 23.5. The summed E-state index contributed by atoms with van der Waals surface area (Å²) >= 11 is 6.34. The molecule has 3 aromatic rings. The maximum Gasteiger partial charge on any atom is 0.411 e. The van der Waals surface area contributed by atoms with E-state index in [1.807, 2.05) is 51.1 Å². The zero-order valence-corrected chi connectivity index (χ0v) is 20.9. The smallest absolute Gasteiger partial charge is 0.411 e. The molecule has 1 amide bonds. The van der Waals surface area contributed by atoms with Crippen LogP contribution in [-0.4, -0.2) is 47.7 Å². The van der Waals surface area contributed by atoms with Crippen molar-refractivity contribution in [3.05, 3.63) is 58.8 Å². The first-order chi connectivity index (χ1) is 16.8. The number of carbonyl (C=O) groups excluding carboxylic acids is 1. The molecule has 0 saturated heterocycles. The minimum Gasteiger partial charge on any atom is -0.473 e. The number of rotatable bonds is 3. The van der Waals surface area contributed by atoms with Gasteiger partial charge in [-0.05, 0) is 76.3 Å². The lowest BCUT2D eigenvalue weighted by Gasteiger charge is -2.28. The quantitative estimate of drug-likeness (QED) is 0.499. The zero-order chi connectivity index (χ0) is 24.6. The predicted octanol–water partition coefficient (Wildman–Crippen LogP) is 5.07. The lowest BCUT2D eigenvalue weighted by molar-refractivity contribution is 0.0214. The molecule has 2 aliphatic rings. The molecule has 1 aromatic carbocycles. The van der Waals surface area contributed by atoms with Gasteiger partial charge < -0.3 is 9.47 Å². The van der Waals surface area contributed by atoms with E-state index in [0.29, 0.717) is 29.8 Å². The molecule has 0 spiro atoms. The Morgan fingerprint density at radius 3 is 2.57 bits per heavy atom. The number of benzene rings is 1. The lowest BCUT2D eigenvalue weighted by Crippen LogP contribution is -2.35. The van der Waals surface area contributed by atoms with E-state index < -0.39 is 5.60 Å². The van der Waals surface area contributed by atoms with E-state index in [2.05, 4.69) is 25.0 Å². The van der Waals surface area contributed by atoms with Crippen molar-refractivity contribution in [3.8, 4) is 11.6 Å². The SMILES string of the molecule is CC(C)(C)OC(=O)N1Cc2cc(Cl)ccc2-n2c(nnc2C2CCC(Oc3cccnn3)CC2)C1. The van der Waals surface area contributed by atoms with Crippen molar-refractivity contribution >= 4 is 17.7 Å². The van der Waals surface area contributed by atoms with Crippen molar-refractivity contribution in [2.75, 3.05) is 0 Å². The van der Waals surface area contributed by atoms with E-state index >= 15 is 0 Å². The third kappa shape index (κ3) is 5.24. The summed E-state index contributed by atoms with van der Waals surface area (Å²) in [5, 5.41) is 17.6. The average molecular weight is 497 g/mol. The third-order valence-corrected chi connectivity index (χ3v) is 6.49. The molecule has 10 heteroatoms. The molecule has 2 aromatic heterocycles. The molecular formula is C25H29ClN6O3. The molecule has 35 heavy (non-hydrogen) atoms. The molecule has 0 unspecified atom stereocenters. The van der Waals surface area contributed by atoms with Gasteiger partial charge in [-0.2, -0.15) is 5.10 Å². The Labute approximate surface area is 209 Å². The number of carbonyl (C=O) groups is 1. The number of hydrogen-bond acceptors (Lipinski definition) is 7. The third-order valence-electron chi connectivity index (χ3n) is 6.26. The van der Waals surface area contributed by atoms with E-state index in [-0.39, 0.29) is 18.1 Å². The van der Waals surface area contributed by atoms with Crippen LogP contribution in [0.4, 0.5) is 4.79 Å². The summed E-state index contributed by atoms with van der Waals surface area (Å²) < 4.78 is 13.8. The fourth-order valence-electron chi connectivity index (χ4n) is 4.71. The maximum atomic E-state index is 13.0. The molecule has 184 valence electrons. The summed E-state index contributed by atoms with van der Waals surface area (Å²) in [5.41, 5.74) is 1.29. The van der Waals surface area contributed by atoms with Gasteiger partial charge in [-0.3, -0.25) is 9.47 Å². The second kappa shape index (κ2) is 9.45. The standard InChI is InChI=1S/C25H29ClN6O3/c1-25(2,3)35-24(33)31-14-17-13-18(26)8-11-20(17)32-21(15-31)28-30-23(32)16-6-9-19(10-7-16)34-22-5-4-12-27-29-22/h4-5,8,11-13,16,19H,6-7,9-10,14-15H2,1-3H3. The monoisotopic (exact) mass is 496 g/mol. The maximum absolute atomic E-state index is 13.0. The minimum absolute atomic E-state index is 0.100. The van der Waals surface area contributed by atoms with Crippen molar-refractivity contribution in [2.24, 2.45) is 0 Å². The van der Waals surface area contributed by atoms with Gasteiger partial charge in [-0.15, -0.1) is 15.3 Å². The molecule has 0 bridgehead atoms. The van der Waals surface area contributed by atoms with Crippen molar-refractivity contribution in [1.82, 2.24) is 29.9 Å². The van der Waals surface area contributed by atoms with Crippen LogP contribution < -0.4 is 4.74 Å². The highest BCUT2D eigenvalue weighted by atomic mass is 35.5. The molecular weight excluding hydrogens is 468 g/mol. The Balaban J connectivity index is 1.40. The zero-order valence-electron chi connectivity index (χ0n) is 20.1. The highest BCUT2D eigenvalue weighted by molar-refractivity contribution is 6.30. The Bertz CT molecular complexity index is 1200. The molecule has 1 aliphatic carbocycles. The fraction of sp³-hybridized carbons (Fsp3) is 0.480. The fourth-order valence-corrected chi connectivity index (χ4v) is 4.90. The van der Waals surface area contributed by atoms with Gasteiger partial charge in [0, 0.05) is 23.2 Å². The summed E-state index contributed by atoms with van der Waals surface area (Å²) in [4.78, 5) is 14.6. The van der Waals surface area contributed by atoms with Crippen molar-refractivity contribution in [2.45, 2.75) is 77.2 Å². The summed E-state index contributed by atoms with van der Waals surface area (Å²) in [7, 11) is 0. The number of ether oxygens (including phenoxy) is 2. The number of nitrogens with zero attached hydrogens (tertiary/aromatic N) is 6. The van der Waals surface area contributed by atoms with Crippen LogP contribution in [-0.2, 0) is 17.8 Å². The molecule has 9 nitrogen and oxygen atoms in total. The van der Waals surface area contributed by atoms with Crippen molar-refractivity contribution < 1.29 is 14.3 Å². The summed E-state index contributed by atoms with van der Waals surface area (Å²) in [6.07, 6.45) is 4.97. The summed E-state index contributed by atoms with van der Waals surface area (Å²) in [6.45, 7) is 6.27. The van der Waals surface area contributed by atoms with Gasteiger partial charge >= 0.3 is 6.09 Å².